The molecule has 1 aromatic heterocycles. The molecule has 4 heteroatoms. The Kier molecular flexibility index (Phi) is 4.02. The fourth-order valence-corrected chi connectivity index (χ4v) is 3.38. The molecule has 1 aliphatic rings. The van der Waals surface area contributed by atoms with Crippen molar-refractivity contribution in [1.29, 1.82) is 0 Å². The zero-order chi connectivity index (χ0) is 13.8. The average molecular weight is 286 g/mol. The van der Waals surface area contributed by atoms with E-state index in [4.69, 9.17) is 0 Å². The van der Waals surface area contributed by atoms with Crippen molar-refractivity contribution in [2.45, 2.75) is 19.4 Å². The number of thiophene rings is 1. The molecule has 1 N–H and O–H groups in total. The van der Waals surface area contributed by atoms with Crippen molar-refractivity contribution < 1.29 is 4.79 Å². The molecule has 1 aliphatic heterocycles. The van der Waals surface area contributed by atoms with E-state index < -0.39 is 0 Å². The number of carbonyl (C=O) groups is 1. The molecule has 0 spiro atoms. The van der Waals surface area contributed by atoms with Gasteiger partial charge in [-0.3, -0.25) is 4.79 Å². The monoisotopic (exact) mass is 286 g/mol. The summed E-state index contributed by atoms with van der Waals surface area (Å²) < 4.78 is 0. The largest absolute Gasteiger partial charge is 0.385 e. The Balaban J connectivity index is 1.48. The van der Waals surface area contributed by atoms with E-state index in [1.807, 2.05) is 35.2 Å². The van der Waals surface area contributed by atoms with Crippen LogP contribution in [0.3, 0.4) is 0 Å². The second kappa shape index (κ2) is 6.09. The van der Waals surface area contributed by atoms with Gasteiger partial charge in [0.15, 0.2) is 0 Å². The lowest BCUT2D eigenvalue weighted by molar-refractivity contribution is -0.131. The first kappa shape index (κ1) is 13.2. The van der Waals surface area contributed by atoms with E-state index in [9.17, 15) is 4.79 Å². The molecule has 3 rings (SSSR count). The lowest BCUT2D eigenvalue weighted by Crippen LogP contribution is -2.36. The Hall–Kier alpha value is -1.81. The van der Waals surface area contributed by atoms with Gasteiger partial charge in [-0.1, -0.05) is 18.2 Å². The zero-order valence-corrected chi connectivity index (χ0v) is 12.2. The minimum atomic E-state index is 0.241. The van der Waals surface area contributed by atoms with Crippen LogP contribution >= 0.6 is 11.3 Å². The van der Waals surface area contributed by atoms with E-state index in [0.29, 0.717) is 13.0 Å². The number of para-hydroxylation sites is 1. The summed E-state index contributed by atoms with van der Waals surface area (Å²) in [5.74, 6) is 0.241. The number of hydrogen-bond acceptors (Lipinski definition) is 3. The van der Waals surface area contributed by atoms with Gasteiger partial charge in [0.05, 0.1) is 0 Å². The molecule has 0 unspecified atom stereocenters. The molecule has 1 amide bonds. The van der Waals surface area contributed by atoms with Crippen molar-refractivity contribution >= 4 is 22.9 Å². The minimum Gasteiger partial charge on any atom is -0.385 e. The van der Waals surface area contributed by atoms with Crippen molar-refractivity contribution in [2.24, 2.45) is 0 Å². The molecule has 0 saturated carbocycles. The summed E-state index contributed by atoms with van der Waals surface area (Å²) in [4.78, 5) is 15.6. The van der Waals surface area contributed by atoms with Crippen LogP contribution in [0.1, 0.15) is 16.9 Å². The Bertz CT molecular complexity index is 579. The van der Waals surface area contributed by atoms with E-state index in [1.54, 1.807) is 11.3 Å². The molecule has 0 radical (unpaired) electrons. The SMILES string of the molecule is O=C(CCNc1ccccc1)N1CCc2sccc2C1. The van der Waals surface area contributed by atoms with Gasteiger partial charge in [-0.2, -0.15) is 0 Å². The molecule has 3 nitrogen and oxygen atoms in total. The highest BCUT2D eigenvalue weighted by atomic mass is 32.1. The predicted molar refractivity (Wildman–Crippen MR) is 83.0 cm³/mol. The highest BCUT2D eigenvalue weighted by Gasteiger charge is 2.20. The third-order valence-electron chi connectivity index (χ3n) is 3.60. The number of amides is 1. The lowest BCUT2D eigenvalue weighted by atomic mass is 10.1. The molecule has 0 atom stereocenters. The van der Waals surface area contributed by atoms with Crippen molar-refractivity contribution in [3.63, 3.8) is 0 Å². The topological polar surface area (TPSA) is 32.3 Å². The molecule has 0 fully saturated rings. The summed E-state index contributed by atoms with van der Waals surface area (Å²) in [6, 6.07) is 12.1. The Morgan fingerprint density at radius 2 is 2.10 bits per heavy atom. The van der Waals surface area contributed by atoms with Crippen molar-refractivity contribution in [3.8, 4) is 0 Å². The van der Waals surface area contributed by atoms with E-state index in [1.165, 1.54) is 10.4 Å². The Morgan fingerprint density at radius 3 is 2.95 bits per heavy atom. The van der Waals surface area contributed by atoms with Gasteiger partial charge in [0.25, 0.3) is 0 Å². The second-order valence-electron chi connectivity index (χ2n) is 4.98. The standard InChI is InChI=1S/C16H18N2OS/c19-16(6-9-17-14-4-2-1-3-5-14)18-10-7-15-13(12-18)8-11-20-15/h1-5,8,11,17H,6-7,9-10,12H2. The first-order chi connectivity index (χ1) is 9.83. The first-order valence-corrected chi connectivity index (χ1v) is 7.83. The number of nitrogens with zero attached hydrogens (tertiary/aromatic N) is 1. The smallest absolute Gasteiger partial charge is 0.224 e. The van der Waals surface area contributed by atoms with Gasteiger partial charge in [0, 0.05) is 36.6 Å². The molecule has 2 aromatic rings. The summed E-state index contributed by atoms with van der Waals surface area (Å²) in [5.41, 5.74) is 2.39. The van der Waals surface area contributed by atoms with Crippen LogP contribution in [0.4, 0.5) is 5.69 Å². The molecule has 2 heterocycles. The summed E-state index contributed by atoms with van der Waals surface area (Å²) >= 11 is 1.80. The summed E-state index contributed by atoms with van der Waals surface area (Å²) in [7, 11) is 0. The fraction of sp³-hybridized carbons (Fsp3) is 0.312. The molecule has 0 aliphatic carbocycles. The highest BCUT2D eigenvalue weighted by molar-refractivity contribution is 7.10. The van der Waals surface area contributed by atoms with Gasteiger partial charge in [0.1, 0.15) is 0 Å². The van der Waals surface area contributed by atoms with Crippen LogP contribution < -0.4 is 5.32 Å². The van der Waals surface area contributed by atoms with Crippen molar-refractivity contribution in [3.05, 3.63) is 52.2 Å². The minimum absolute atomic E-state index is 0.241. The van der Waals surface area contributed by atoms with Crippen LogP contribution in [0.25, 0.3) is 0 Å². The first-order valence-electron chi connectivity index (χ1n) is 6.95. The summed E-state index contributed by atoms with van der Waals surface area (Å²) in [6.45, 7) is 2.33. The van der Waals surface area contributed by atoms with Crippen LogP contribution in [0.2, 0.25) is 0 Å². The third kappa shape index (κ3) is 3.02. The Morgan fingerprint density at radius 1 is 1.25 bits per heavy atom. The molecule has 20 heavy (non-hydrogen) atoms. The van der Waals surface area contributed by atoms with Gasteiger partial charge in [-0.25, -0.2) is 0 Å². The molecule has 0 saturated heterocycles. The maximum Gasteiger partial charge on any atom is 0.224 e. The van der Waals surface area contributed by atoms with Crippen LogP contribution in [-0.2, 0) is 17.8 Å². The number of rotatable bonds is 4. The van der Waals surface area contributed by atoms with Crippen LogP contribution in [-0.4, -0.2) is 23.9 Å². The van der Waals surface area contributed by atoms with Gasteiger partial charge < -0.3 is 10.2 Å². The maximum atomic E-state index is 12.2. The normalized spacial score (nSPS) is 13.9. The van der Waals surface area contributed by atoms with E-state index >= 15 is 0 Å². The summed E-state index contributed by atoms with van der Waals surface area (Å²) in [5, 5.41) is 5.40. The molecular weight excluding hydrogens is 268 g/mol. The molecular formula is C16H18N2OS. The number of hydrogen-bond donors (Lipinski definition) is 1. The van der Waals surface area contributed by atoms with Gasteiger partial charge in [-0.05, 0) is 35.6 Å². The van der Waals surface area contributed by atoms with Gasteiger partial charge in [0.2, 0.25) is 5.91 Å². The molecule has 0 bridgehead atoms. The maximum absolute atomic E-state index is 12.2. The number of carbonyl (C=O) groups excluding carboxylic acids is 1. The lowest BCUT2D eigenvalue weighted by Gasteiger charge is -2.27. The third-order valence-corrected chi connectivity index (χ3v) is 4.63. The number of nitrogens with one attached hydrogen (secondary N) is 1. The fourth-order valence-electron chi connectivity index (χ4n) is 2.49. The summed E-state index contributed by atoms with van der Waals surface area (Å²) in [6.07, 6.45) is 1.55. The number of anilines is 1. The quantitative estimate of drug-likeness (QED) is 0.936. The average Bonchev–Trinajstić information content (AvgIpc) is 2.95. The number of benzene rings is 1. The second-order valence-corrected chi connectivity index (χ2v) is 5.98. The van der Waals surface area contributed by atoms with Crippen LogP contribution in [0.15, 0.2) is 41.8 Å². The molecule has 104 valence electrons. The van der Waals surface area contributed by atoms with E-state index in [0.717, 1.165) is 25.2 Å². The highest BCUT2D eigenvalue weighted by Crippen LogP contribution is 2.24. The molecule has 1 aromatic carbocycles. The van der Waals surface area contributed by atoms with Gasteiger partial charge in [-0.15, -0.1) is 11.3 Å². The van der Waals surface area contributed by atoms with Crippen LogP contribution in [0, 0.1) is 0 Å². The van der Waals surface area contributed by atoms with Gasteiger partial charge >= 0.3 is 0 Å². The Labute approximate surface area is 123 Å². The number of fused-ring (bicyclic) bond motifs is 1. The van der Waals surface area contributed by atoms with E-state index in [2.05, 4.69) is 16.8 Å². The predicted octanol–water partition coefficient (Wildman–Crippen LogP) is 3.14. The van der Waals surface area contributed by atoms with Crippen molar-refractivity contribution in [2.75, 3.05) is 18.4 Å². The van der Waals surface area contributed by atoms with E-state index in [-0.39, 0.29) is 5.91 Å². The van der Waals surface area contributed by atoms with Crippen LogP contribution in [0.5, 0.6) is 0 Å². The van der Waals surface area contributed by atoms with Crippen molar-refractivity contribution in [1.82, 2.24) is 4.90 Å². The zero-order valence-electron chi connectivity index (χ0n) is 11.3.